The summed E-state index contributed by atoms with van der Waals surface area (Å²) in [5.41, 5.74) is -0.432. The molecule has 2 atom stereocenters. The van der Waals surface area contributed by atoms with Gasteiger partial charge >= 0.3 is 12.1 Å². The van der Waals surface area contributed by atoms with Gasteiger partial charge in [-0.3, -0.25) is 14.5 Å². The zero-order valence-electron chi connectivity index (χ0n) is 16.5. The Kier molecular flexibility index (Phi) is 7.04. The summed E-state index contributed by atoms with van der Waals surface area (Å²) in [5.74, 6) is -2.03. The number of carbonyl (C=O) groups excluding carboxylic acids is 3. The van der Waals surface area contributed by atoms with Crippen LogP contribution in [-0.4, -0.2) is 47.5 Å². The van der Waals surface area contributed by atoms with Crippen LogP contribution < -0.4 is 0 Å². The highest BCUT2D eigenvalue weighted by Crippen LogP contribution is 2.36. The summed E-state index contributed by atoms with van der Waals surface area (Å²) in [7, 11) is 0. The summed E-state index contributed by atoms with van der Waals surface area (Å²) in [6.45, 7) is 7.02. The number of nitrogens with zero attached hydrogens (tertiary/aromatic N) is 1. The Balaban J connectivity index is 2.27. The Hall–Kier alpha value is -2.15. The predicted molar refractivity (Wildman–Crippen MR) is 102 cm³/mol. The molecule has 0 N–H and O–H groups in total. The fourth-order valence-corrected chi connectivity index (χ4v) is 3.37. The van der Waals surface area contributed by atoms with Gasteiger partial charge in [0.05, 0.1) is 12.6 Å². The molecule has 8 heteroatoms. The van der Waals surface area contributed by atoms with Gasteiger partial charge in [-0.15, -0.1) is 0 Å². The van der Waals surface area contributed by atoms with E-state index >= 15 is 0 Å². The van der Waals surface area contributed by atoms with Crippen molar-refractivity contribution in [3.05, 3.63) is 34.6 Å². The number of hydrogen-bond acceptors (Lipinski definition) is 5. The summed E-state index contributed by atoms with van der Waals surface area (Å²) in [4.78, 5) is 38.3. The maximum absolute atomic E-state index is 14.3. The van der Waals surface area contributed by atoms with Gasteiger partial charge in [0.15, 0.2) is 5.78 Å². The molecule has 1 aromatic carbocycles. The average molecular weight is 414 g/mol. The van der Waals surface area contributed by atoms with E-state index in [1.807, 2.05) is 0 Å². The standard InChI is InChI=1S/C20H25ClFNO5/c1-5-27-18(25)10-17(24)16-8-12(14-9-13(21)6-7-15(14)22)11-23(16)19(26)28-20(2,3)4/h6-7,9,12,16H,5,8,10-11H2,1-4H3/t12-,16+/m0/s1. The second-order valence-corrected chi connectivity index (χ2v) is 8.13. The minimum atomic E-state index is -0.900. The van der Waals surface area contributed by atoms with Gasteiger partial charge in [-0.25, -0.2) is 9.18 Å². The lowest BCUT2D eigenvalue weighted by atomic mass is 9.94. The van der Waals surface area contributed by atoms with Crippen LogP contribution in [0.15, 0.2) is 18.2 Å². The van der Waals surface area contributed by atoms with E-state index in [-0.39, 0.29) is 19.6 Å². The molecular weight excluding hydrogens is 389 g/mol. The zero-order chi connectivity index (χ0) is 21.1. The van der Waals surface area contributed by atoms with Crippen LogP contribution >= 0.6 is 11.6 Å². The van der Waals surface area contributed by atoms with Gasteiger partial charge in [-0.05, 0) is 57.9 Å². The van der Waals surface area contributed by atoms with E-state index in [4.69, 9.17) is 21.1 Å². The van der Waals surface area contributed by atoms with Crippen molar-refractivity contribution >= 4 is 29.4 Å². The molecule has 0 unspecified atom stereocenters. The number of Topliss-reactive ketones (excluding diaryl/α,β-unsaturated/α-hetero) is 1. The van der Waals surface area contributed by atoms with Crippen LogP contribution in [-0.2, 0) is 19.1 Å². The quantitative estimate of drug-likeness (QED) is 0.537. The Morgan fingerprint density at radius 1 is 1.29 bits per heavy atom. The highest BCUT2D eigenvalue weighted by atomic mass is 35.5. The summed E-state index contributed by atoms with van der Waals surface area (Å²) in [6, 6.07) is 3.28. The molecule has 0 radical (unpaired) electrons. The van der Waals surface area contributed by atoms with Crippen molar-refractivity contribution in [1.29, 1.82) is 0 Å². The second kappa shape index (κ2) is 8.90. The summed E-state index contributed by atoms with van der Waals surface area (Å²) >= 11 is 5.98. The Morgan fingerprint density at radius 3 is 2.57 bits per heavy atom. The Labute approximate surface area is 168 Å². The first-order chi connectivity index (χ1) is 13.0. The minimum absolute atomic E-state index is 0.0887. The van der Waals surface area contributed by atoms with Crippen LogP contribution in [0.5, 0.6) is 0 Å². The zero-order valence-corrected chi connectivity index (χ0v) is 17.2. The molecule has 1 amide bonds. The molecule has 28 heavy (non-hydrogen) atoms. The summed E-state index contributed by atoms with van der Waals surface area (Å²) in [6.07, 6.45) is -0.961. The molecule has 1 fully saturated rings. The number of hydrogen-bond donors (Lipinski definition) is 0. The molecule has 2 rings (SSSR count). The fourth-order valence-electron chi connectivity index (χ4n) is 3.19. The van der Waals surface area contributed by atoms with Gasteiger partial charge in [0.2, 0.25) is 0 Å². The molecular formula is C20H25ClFNO5. The van der Waals surface area contributed by atoms with Crippen molar-refractivity contribution in [2.24, 2.45) is 0 Å². The molecule has 6 nitrogen and oxygen atoms in total. The second-order valence-electron chi connectivity index (χ2n) is 7.70. The normalized spacial score (nSPS) is 19.4. The van der Waals surface area contributed by atoms with E-state index in [0.29, 0.717) is 10.6 Å². The van der Waals surface area contributed by atoms with Crippen molar-refractivity contribution in [3.8, 4) is 0 Å². The number of esters is 1. The monoisotopic (exact) mass is 413 g/mol. The van der Waals surface area contributed by atoms with Crippen molar-refractivity contribution in [2.75, 3.05) is 13.2 Å². The topological polar surface area (TPSA) is 72.9 Å². The highest BCUT2D eigenvalue weighted by molar-refractivity contribution is 6.30. The van der Waals surface area contributed by atoms with Crippen LogP contribution in [0.3, 0.4) is 0 Å². The smallest absolute Gasteiger partial charge is 0.410 e. The van der Waals surface area contributed by atoms with Gasteiger partial charge < -0.3 is 9.47 Å². The number of ether oxygens (including phenoxy) is 2. The number of likely N-dealkylation sites (tertiary alicyclic amines) is 1. The van der Waals surface area contributed by atoms with Crippen molar-refractivity contribution in [1.82, 2.24) is 4.90 Å². The number of ketones is 1. The summed E-state index contributed by atoms with van der Waals surface area (Å²) < 4.78 is 24.5. The predicted octanol–water partition coefficient (Wildman–Crippen LogP) is 4.09. The Morgan fingerprint density at radius 2 is 1.96 bits per heavy atom. The van der Waals surface area contributed by atoms with E-state index in [9.17, 15) is 18.8 Å². The molecule has 0 saturated carbocycles. The molecule has 1 aliphatic rings. The first-order valence-electron chi connectivity index (χ1n) is 9.14. The molecule has 0 spiro atoms. The first kappa shape index (κ1) is 22.1. The van der Waals surface area contributed by atoms with Crippen LogP contribution in [0.4, 0.5) is 9.18 Å². The molecule has 1 aromatic rings. The van der Waals surface area contributed by atoms with E-state index in [2.05, 4.69) is 0 Å². The third-order valence-electron chi connectivity index (χ3n) is 4.32. The van der Waals surface area contributed by atoms with E-state index < -0.39 is 47.6 Å². The number of carbonyl (C=O) groups is 3. The van der Waals surface area contributed by atoms with Crippen molar-refractivity contribution in [3.63, 3.8) is 0 Å². The molecule has 1 heterocycles. The maximum Gasteiger partial charge on any atom is 0.410 e. The van der Waals surface area contributed by atoms with Gasteiger partial charge in [0.25, 0.3) is 0 Å². The molecule has 0 aliphatic carbocycles. The number of halogens is 2. The fraction of sp³-hybridized carbons (Fsp3) is 0.550. The molecule has 0 aromatic heterocycles. The maximum atomic E-state index is 14.3. The SMILES string of the molecule is CCOC(=O)CC(=O)[C@H]1C[C@H](c2cc(Cl)ccc2F)CN1C(=O)OC(C)(C)C. The van der Waals surface area contributed by atoms with Crippen LogP contribution in [0.25, 0.3) is 0 Å². The molecule has 1 aliphatic heterocycles. The van der Waals surface area contributed by atoms with Gasteiger partial charge in [-0.1, -0.05) is 11.6 Å². The number of benzene rings is 1. The lowest BCUT2D eigenvalue weighted by molar-refractivity contribution is -0.146. The largest absolute Gasteiger partial charge is 0.466 e. The minimum Gasteiger partial charge on any atom is -0.466 e. The van der Waals surface area contributed by atoms with E-state index in [1.54, 1.807) is 27.7 Å². The lowest BCUT2D eigenvalue weighted by Crippen LogP contribution is -2.44. The Bertz CT molecular complexity index is 761. The molecule has 0 bridgehead atoms. The van der Waals surface area contributed by atoms with E-state index in [0.717, 1.165) is 0 Å². The van der Waals surface area contributed by atoms with Gasteiger partial charge in [0.1, 0.15) is 17.8 Å². The van der Waals surface area contributed by atoms with Crippen LogP contribution in [0.1, 0.15) is 52.0 Å². The van der Waals surface area contributed by atoms with Gasteiger partial charge in [-0.2, -0.15) is 0 Å². The highest BCUT2D eigenvalue weighted by Gasteiger charge is 2.43. The van der Waals surface area contributed by atoms with Gasteiger partial charge in [0, 0.05) is 17.5 Å². The van der Waals surface area contributed by atoms with Crippen LogP contribution in [0.2, 0.25) is 5.02 Å². The van der Waals surface area contributed by atoms with Crippen LogP contribution in [0, 0.1) is 5.82 Å². The molecule has 154 valence electrons. The lowest BCUT2D eigenvalue weighted by Gasteiger charge is -2.27. The first-order valence-corrected chi connectivity index (χ1v) is 9.52. The van der Waals surface area contributed by atoms with Crippen molar-refractivity contribution < 1.29 is 28.2 Å². The summed E-state index contributed by atoms with van der Waals surface area (Å²) in [5, 5.41) is 0.363. The third-order valence-corrected chi connectivity index (χ3v) is 4.56. The number of amides is 1. The van der Waals surface area contributed by atoms with E-state index in [1.165, 1.54) is 23.1 Å². The third kappa shape index (κ3) is 5.67. The van der Waals surface area contributed by atoms with Crippen molar-refractivity contribution in [2.45, 2.75) is 58.1 Å². The molecule has 1 saturated heterocycles. The average Bonchev–Trinajstić information content (AvgIpc) is 3.01. The number of rotatable bonds is 5.